The Bertz CT molecular complexity index is 490. The molecule has 0 spiro atoms. The minimum Gasteiger partial charge on any atom is -0.376 e. The minimum atomic E-state index is -3.12. The summed E-state index contributed by atoms with van der Waals surface area (Å²) in [4.78, 5) is 4.48. The van der Waals surface area contributed by atoms with Crippen LogP contribution < -0.4 is 10.6 Å². The van der Waals surface area contributed by atoms with E-state index in [1.807, 2.05) is 6.92 Å². The fraction of sp³-hybridized carbons (Fsp3) is 0.944. The number of hydrogen-bond acceptors (Lipinski definition) is 4. The molecule has 7 heteroatoms. The molecule has 1 aliphatic rings. The Morgan fingerprint density at radius 3 is 2.32 bits per heavy atom. The lowest BCUT2D eigenvalue weighted by Gasteiger charge is -2.20. The molecule has 2 N–H and O–H groups in total. The summed E-state index contributed by atoms with van der Waals surface area (Å²) in [5, 5.41) is 6.25. The number of nitrogens with zero attached hydrogens (tertiary/aromatic N) is 1. The summed E-state index contributed by atoms with van der Waals surface area (Å²) in [5.41, 5.74) is 0. The third-order valence-electron chi connectivity index (χ3n) is 4.46. The maximum Gasteiger partial charge on any atom is 0.191 e. The van der Waals surface area contributed by atoms with Gasteiger partial charge in [0.1, 0.15) is 0 Å². The Morgan fingerprint density at radius 2 is 1.76 bits per heavy atom. The van der Waals surface area contributed by atoms with E-state index in [9.17, 15) is 8.42 Å². The number of nitrogens with one attached hydrogen (secondary N) is 2. The summed E-state index contributed by atoms with van der Waals surface area (Å²) in [7, 11) is -3.12. The van der Waals surface area contributed by atoms with Crippen molar-refractivity contribution in [2.24, 2.45) is 4.99 Å². The molecule has 25 heavy (non-hydrogen) atoms. The summed E-state index contributed by atoms with van der Waals surface area (Å²) in [6.07, 6.45) is 7.87. The quantitative estimate of drug-likeness (QED) is 0.295. The largest absolute Gasteiger partial charge is 0.376 e. The maximum absolute atomic E-state index is 12.1. The summed E-state index contributed by atoms with van der Waals surface area (Å²) in [6, 6.07) is 0. The van der Waals surface area contributed by atoms with Crippen LogP contribution in [0.15, 0.2) is 4.99 Å². The summed E-state index contributed by atoms with van der Waals surface area (Å²) < 4.78 is 29.5. The van der Waals surface area contributed by atoms with Crippen molar-refractivity contribution >= 4 is 15.8 Å². The molecular weight excluding hydrogens is 338 g/mol. The Balaban J connectivity index is 2.35. The fourth-order valence-electron chi connectivity index (χ4n) is 2.74. The molecule has 1 rings (SSSR count). The van der Waals surface area contributed by atoms with Crippen molar-refractivity contribution in [3.05, 3.63) is 0 Å². The molecule has 0 aromatic rings. The van der Waals surface area contributed by atoms with Crippen molar-refractivity contribution < 1.29 is 13.2 Å². The van der Waals surface area contributed by atoms with Crippen LogP contribution in [-0.4, -0.2) is 57.2 Å². The van der Waals surface area contributed by atoms with E-state index >= 15 is 0 Å². The van der Waals surface area contributed by atoms with Gasteiger partial charge in [0.15, 0.2) is 15.8 Å². The molecule has 0 atom stereocenters. The zero-order chi connectivity index (χ0) is 18.8. The van der Waals surface area contributed by atoms with Crippen LogP contribution in [0.1, 0.15) is 66.2 Å². The second-order valence-electron chi connectivity index (χ2n) is 7.60. The van der Waals surface area contributed by atoms with Crippen LogP contribution in [0.25, 0.3) is 0 Å². The first kappa shape index (κ1) is 22.2. The maximum atomic E-state index is 12.1. The first-order valence-corrected chi connectivity index (χ1v) is 11.3. The van der Waals surface area contributed by atoms with Gasteiger partial charge < -0.3 is 15.4 Å². The average molecular weight is 376 g/mol. The van der Waals surface area contributed by atoms with Crippen LogP contribution in [0.5, 0.6) is 0 Å². The van der Waals surface area contributed by atoms with Crippen LogP contribution in [0.3, 0.4) is 0 Å². The molecule has 6 nitrogen and oxygen atoms in total. The van der Waals surface area contributed by atoms with Crippen molar-refractivity contribution in [1.82, 2.24) is 10.6 Å². The molecule has 0 bridgehead atoms. The number of hydrogen-bond donors (Lipinski definition) is 2. The van der Waals surface area contributed by atoms with E-state index in [-0.39, 0.29) is 5.75 Å². The van der Waals surface area contributed by atoms with Crippen LogP contribution in [0.4, 0.5) is 0 Å². The highest BCUT2D eigenvalue weighted by molar-refractivity contribution is 7.92. The van der Waals surface area contributed by atoms with Gasteiger partial charge in [-0.3, -0.25) is 4.99 Å². The molecule has 0 amide bonds. The molecule has 148 valence electrons. The summed E-state index contributed by atoms with van der Waals surface area (Å²) in [6.45, 7) is 9.46. The normalized spacial score (nSPS) is 18.0. The molecule has 0 radical (unpaired) electrons. The zero-order valence-electron chi connectivity index (χ0n) is 16.4. The van der Waals surface area contributed by atoms with E-state index in [4.69, 9.17) is 4.74 Å². The van der Waals surface area contributed by atoms with E-state index in [2.05, 4.69) is 15.6 Å². The lowest BCUT2D eigenvalue weighted by atomic mass is 10.1. The van der Waals surface area contributed by atoms with Gasteiger partial charge in [0.2, 0.25) is 0 Å². The second-order valence-corrected chi connectivity index (χ2v) is 10.5. The number of aliphatic imine (C=N–C) groups is 1. The molecule has 1 saturated carbocycles. The average Bonchev–Trinajstić information content (AvgIpc) is 2.79. The number of ether oxygens (including phenoxy) is 1. The molecule has 1 aliphatic carbocycles. The first-order chi connectivity index (χ1) is 11.8. The van der Waals surface area contributed by atoms with Gasteiger partial charge in [0, 0.05) is 13.1 Å². The zero-order valence-corrected chi connectivity index (χ0v) is 17.3. The Kier molecular flexibility index (Phi) is 9.79. The first-order valence-electron chi connectivity index (χ1n) is 9.62. The summed E-state index contributed by atoms with van der Waals surface area (Å²) >= 11 is 0. The molecule has 0 unspecified atom stereocenters. The highest BCUT2D eigenvalue weighted by Gasteiger charge is 2.28. The Morgan fingerprint density at radius 1 is 1.12 bits per heavy atom. The number of rotatable bonds is 8. The van der Waals surface area contributed by atoms with Crippen molar-refractivity contribution in [3.8, 4) is 0 Å². The van der Waals surface area contributed by atoms with Crippen molar-refractivity contribution in [1.29, 1.82) is 0 Å². The lowest BCUT2D eigenvalue weighted by Crippen LogP contribution is -2.42. The third kappa shape index (κ3) is 8.90. The van der Waals surface area contributed by atoms with E-state index in [1.54, 1.807) is 20.8 Å². The van der Waals surface area contributed by atoms with Crippen molar-refractivity contribution in [2.45, 2.75) is 77.1 Å². The molecule has 0 aromatic carbocycles. The van der Waals surface area contributed by atoms with Gasteiger partial charge >= 0.3 is 0 Å². The predicted octanol–water partition coefficient (Wildman–Crippen LogP) is 2.49. The SMILES string of the molecule is CCNC(=NCCOC1CCCCCC1)NCCS(=O)(=O)C(C)(C)C. The van der Waals surface area contributed by atoms with Crippen LogP contribution in [0, 0.1) is 0 Å². The minimum absolute atomic E-state index is 0.0967. The van der Waals surface area contributed by atoms with Gasteiger partial charge in [-0.25, -0.2) is 8.42 Å². The molecule has 0 aromatic heterocycles. The highest BCUT2D eigenvalue weighted by Crippen LogP contribution is 2.19. The van der Waals surface area contributed by atoms with Crippen molar-refractivity contribution in [2.75, 3.05) is 32.0 Å². The Labute approximate surface area is 154 Å². The van der Waals surface area contributed by atoms with Crippen LogP contribution in [0.2, 0.25) is 0 Å². The number of sulfone groups is 1. The van der Waals surface area contributed by atoms with Crippen LogP contribution >= 0.6 is 0 Å². The molecular formula is C18H37N3O3S. The van der Waals surface area contributed by atoms with Gasteiger partial charge in [0.05, 0.1) is 29.8 Å². The van der Waals surface area contributed by atoms with Gasteiger partial charge in [-0.15, -0.1) is 0 Å². The van der Waals surface area contributed by atoms with Crippen LogP contribution in [-0.2, 0) is 14.6 Å². The van der Waals surface area contributed by atoms with Gasteiger partial charge in [-0.1, -0.05) is 25.7 Å². The van der Waals surface area contributed by atoms with Crippen molar-refractivity contribution in [3.63, 3.8) is 0 Å². The molecule has 1 fully saturated rings. The highest BCUT2D eigenvalue weighted by atomic mass is 32.2. The predicted molar refractivity (Wildman–Crippen MR) is 105 cm³/mol. The molecule has 0 saturated heterocycles. The van der Waals surface area contributed by atoms with E-state index in [0.29, 0.717) is 31.8 Å². The van der Waals surface area contributed by atoms with E-state index in [1.165, 1.54) is 25.7 Å². The summed E-state index contributed by atoms with van der Waals surface area (Å²) in [5.74, 6) is 0.746. The van der Waals surface area contributed by atoms with Gasteiger partial charge in [-0.05, 0) is 40.5 Å². The lowest BCUT2D eigenvalue weighted by molar-refractivity contribution is 0.0487. The molecule has 0 aliphatic heterocycles. The fourth-order valence-corrected chi connectivity index (χ4v) is 3.72. The topological polar surface area (TPSA) is 79.8 Å². The van der Waals surface area contributed by atoms with Gasteiger partial charge in [-0.2, -0.15) is 0 Å². The third-order valence-corrected chi connectivity index (χ3v) is 7.07. The Hall–Kier alpha value is -0.820. The van der Waals surface area contributed by atoms with Gasteiger partial charge in [0.25, 0.3) is 0 Å². The molecule has 0 heterocycles. The second kappa shape index (κ2) is 11.0. The van der Waals surface area contributed by atoms with E-state index in [0.717, 1.165) is 19.4 Å². The van der Waals surface area contributed by atoms with E-state index < -0.39 is 14.6 Å². The number of guanidine groups is 1. The smallest absolute Gasteiger partial charge is 0.191 e. The standard InChI is InChI=1S/C18H37N3O3S/c1-5-19-17(21-13-15-25(22,23)18(2,3)4)20-12-14-24-16-10-8-6-7-9-11-16/h16H,5-15H2,1-4H3,(H2,19,20,21). The monoisotopic (exact) mass is 375 g/mol.